The van der Waals surface area contributed by atoms with Crippen LogP contribution in [0, 0.1) is 6.92 Å². The number of nitrogens with one attached hydrogen (secondary N) is 2. The van der Waals surface area contributed by atoms with E-state index in [9.17, 15) is 13.6 Å². The van der Waals surface area contributed by atoms with Gasteiger partial charge in [0, 0.05) is 15.7 Å². The Morgan fingerprint density at radius 3 is 2.52 bits per heavy atom. The summed E-state index contributed by atoms with van der Waals surface area (Å²) in [5, 5.41) is 2.90. The molecule has 2 rings (SSSR count). The van der Waals surface area contributed by atoms with Crippen LogP contribution in [-0.2, 0) is 11.3 Å². The first-order valence-electron chi connectivity index (χ1n) is 7.74. The van der Waals surface area contributed by atoms with Gasteiger partial charge in [-0.3, -0.25) is 4.79 Å². The van der Waals surface area contributed by atoms with Crippen molar-refractivity contribution in [2.45, 2.75) is 20.1 Å². The topological polar surface area (TPSA) is 42.8 Å². The lowest BCUT2D eigenvalue weighted by atomic mass is 10.2. The maximum atomic E-state index is 12.2. The van der Waals surface area contributed by atoms with Crippen molar-refractivity contribution in [2.75, 3.05) is 18.9 Å². The number of quaternary nitrogens is 1. The van der Waals surface area contributed by atoms with Gasteiger partial charge in [-0.05, 0) is 55.0 Å². The average molecular weight is 414 g/mol. The molecule has 0 radical (unpaired) electrons. The molecule has 0 bridgehead atoms. The van der Waals surface area contributed by atoms with Crippen LogP contribution in [0.1, 0.15) is 11.1 Å². The summed E-state index contributed by atoms with van der Waals surface area (Å²) < 4.78 is 29.5. The number of amides is 1. The second-order valence-electron chi connectivity index (χ2n) is 5.84. The summed E-state index contributed by atoms with van der Waals surface area (Å²) in [7, 11) is 1.90. The molecule has 134 valence electrons. The van der Waals surface area contributed by atoms with E-state index in [4.69, 9.17) is 0 Å². The first kappa shape index (κ1) is 19.3. The molecule has 2 N–H and O–H groups in total. The quantitative estimate of drug-likeness (QED) is 0.732. The Kier molecular flexibility index (Phi) is 6.90. The largest absolute Gasteiger partial charge is 0.435 e. The number of halogens is 3. The Morgan fingerprint density at radius 1 is 1.24 bits per heavy atom. The van der Waals surface area contributed by atoms with Crippen molar-refractivity contribution in [3.63, 3.8) is 0 Å². The van der Waals surface area contributed by atoms with E-state index in [1.54, 1.807) is 12.1 Å². The monoisotopic (exact) mass is 413 g/mol. The summed E-state index contributed by atoms with van der Waals surface area (Å²) in [4.78, 5) is 13.2. The third-order valence-electron chi connectivity index (χ3n) is 3.58. The van der Waals surface area contributed by atoms with E-state index in [0.29, 0.717) is 13.1 Å². The Morgan fingerprint density at radius 2 is 1.92 bits per heavy atom. The highest BCUT2D eigenvalue weighted by atomic mass is 79.9. The summed E-state index contributed by atoms with van der Waals surface area (Å²) in [6.45, 7) is -0.00294. The number of rotatable bonds is 7. The van der Waals surface area contributed by atoms with Crippen molar-refractivity contribution in [3.05, 3.63) is 58.1 Å². The van der Waals surface area contributed by atoms with Gasteiger partial charge in [0.1, 0.15) is 12.3 Å². The minimum atomic E-state index is -2.83. The third kappa shape index (κ3) is 6.43. The third-order valence-corrected chi connectivity index (χ3v) is 4.07. The summed E-state index contributed by atoms with van der Waals surface area (Å²) in [5.74, 6) is 0.0421. The molecular weight excluding hydrogens is 394 g/mol. The Hall–Kier alpha value is -1.99. The van der Waals surface area contributed by atoms with Crippen LogP contribution in [0.15, 0.2) is 46.9 Å². The van der Waals surface area contributed by atoms with Crippen LogP contribution >= 0.6 is 15.9 Å². The molecule has 0 fully saturated rings. The van der Waals surface area contributed by atoms with Crippen molar-refractivity contribution in [1.29, 1.82) is 0 Å². The van der Waals surface area contributed by atoms with E-state index in [0.717, 1.165) is 26.2 Å². The molecule has 25 heavy (non-hydrogen) atoms. The van der Waals surface area contributed by atoms with Crippen LogP contribution in [0.5, 0.6) is 5.75 Å². The maximum Gasteiger partial charge on any atom is 0.387 e. The van der Waals surface area contributed by atoms with Crippen LogP contribution in [0.25, 0.3) is 0 Å². The molecule has 1 amide bonds. The molecule has 0 saturated carbocycles. The molecule has 1 atom stereocenters. The standard InChI is InChI=1S/C18H19BrF2N2O2/c1-12-9-14(19)5-8-16(12)22-17(24)11-23(2)10-13-3-6-15(7-4-13)25-18(20)21/h3-9,18H,10-11H2,1-2H3,(H,22,24)/p+1. The first-order valence-corrected chi connectivity index (χ1v) is 8.54. The summed E-state index contributed by atoms with van der Waals surface area (Å²) >= 11 is 3.39. The lowest BCUT2D eigenvalue weighted by Crippen LogP contribution is -3.08. The van der Waals surface area contributed by atoms with Gasteiger partial charge in [0.25, 0.3) is 5.91 Å². The molecular formula is C18H20BrF2N2O2+. The average Bonchev–Trinajstić information content (AvgIpc) is 2.51. The van der Waals surface area contributed by atoms with Gasteiger partial charge in [-0.2, -0.15) is 8.78 Å². The highest BCUT2D eigenvalue weighted by Crippen LogP contribution is 2.19. The molecule has 0 heterocycles. The zero-order chi connectivity index (χ0) is 18.4. The molecule has 2 aromatic carbocycles. The van der Waals surface area contributed by atoms with Gasteiger partial charge >= 0.3 is 6.61 Å². The SMILES string of the molecule is Cc1cc(Br)ccc1NC(=O)C[NH+](C)Cc1ccc(OC(F)F)cc1. The molecule has 0 aliphatic carbocycles. The summed E-state index contributed by atoms with van der Waals surface area (Å²) in [6, 6.07) is 12.1. The van der Waals surface area contributed by atoms with Crippen molar-refractivity contribution in [1.82, 2.24) is 0 Å². The molecule has 7 heteroatoms. The van der Waals surface area contributed by atoms with E-state index in [1.807, 2.05) is 32.2 Å². The van der Waals surface area contributed by atoms with Gasteiger partial charge in [0.05, 0.1) is 7.05 Å². The lowest BCUT2D eigenvalue weighted by Gasteiger charge is -2.15. The normalized spacial score (nSPS) is 12.1. The van der Waals surface area contributed by atoms with Crippen molar-refractivity contribution < 1.29 is 23.2 Å². The fourth-order valence-electron chi connectivity index (χ4n) is 2.44. The predicted molar refractivity (Wildman–Crippen MR) is 96.0 cm³/mol. The number of carbonyl (C=O) groups excluding carboxylic acids is 1. The number of benzene rings is 2. The zero-order valence-corrected chi connectivity index (χ0v) is 15.6. The number of ether oxygens (including phenoxy) is 1. The van der Waals surface area contributed by atoms with Gasteiger partial charge in [-0.25, -0.2) is 0 Å². The predicted octanol–water partition coefficient (Wildman–Crippen LogP) is 3.01. The number of aryl methyl sites for hydroxylation is 1. The number of anilines is 1. The maximum absolute atomic E-state index is 12.2. The second-order valence-corrected chi connectivity index (χ2v) is 6.76. The molecule has 0 spiro atoms. The Bertz CT molecular complexity index is 724. The highest BCUT2D eigenvalue weighted by molar-refractivity contribution is 9.10. The smallest absolute Gasteiger partial charge is 0.387 e. The molecule has 2 aromatic rings. The van der Waals surface area contributed by atoms with E-state index in [1.165, 1.54) is 12.1 Å². The molecule has 0 saturated heterocycles. The minimum Gasteiger partial charge on any atom is -0.435 e. The van der Waals surface area contributed by atoms with Gasteiger partial charge in [-0.1, -0.05) is 15.9 Å². The van der Waals surface area contributed by atoms with E-state index in [-0.39, 0.29) is 11.7 Å². The van der Waals surface area contributed by atoms with Gasteiger partial charge in [0.2, 0.25) is 0 Å². The van der Waals surface area contributed by atoms with Gasteiger partial charge < -0.3 is 15.0 Å². The van der Waals surface area contributed by atoms with Crippen LogP contribution < -0.4 is 15.0 Å². The van der Waals surface area contributed by atoms with E-state index < -0.39 is 6.61 Å². The van der Waals surface area contributed by atoms with Gasteiger partial charge in [-0.15, -0.1) is 0 Å². The fourth-order valence-corrected chi connectivity index (χ4v) is 2.91. The Balaban J connectivity index is 1.86. The fraction of sp³-hybridized carbons (Fsp3) is 0.278. The van der Waals surface area contributed by atoms with Crippen LogP contribution in [0.3, 0.4) is 0 Å². The number of alkyl halides is 2. The molecule has 1 unspecified atom stereocenters. The van der Waals surface area contributed by atoms with Crippen molar-refractivity contribution >= 4 is 27.5 Å². The zero-order valence-electron chi connectivity index (χ0n) is 14.0. The van der Waals surface area contributed by atoms with Crippen LogP contribution in [-0.4, -0.2) is 26.1 Å². The highest BCUT2D eigenvalue weighted by Gasteiger charge is 2.12. The van der Waals surface area contributed by atoms with Crippen LogP contribution in [0.2, 0.25) is 0 Å². The van der Waals surface area contributed by atoms with Crippen LogP contribution in [0.4, 0.5) is 14.5 Å². The number of carbonyl (C=O) groups is 1. The van der Waals surface area contributed by atoms with E-state index in [2.05, 4.69) is 26.0 Å². The molecule has 0 aromatic heterocycles. The molecule has 0 aliphatic rings. The van der Waals surface area contributed by atoms with Gasteiger partial charge in [0.15, 0.2) is 6.54 Å². The number of hydrogen-bond acceptors (Lipinski definition) is 2. The van der Waals surface area contributed by atoms with Crippen molar-refractivity contribution in [3.8, 4) is 5.75 Å². The first-order chi connectivity index (χ1) is 11.8. The summed E-state index contributed by atoms with van der Waals surface area (Å²) in [6.07, 6.45) is 0. The second kappa shape index (κ2) is 8.92. The van der Waals surface area contributed by atoms with E-state index >= 15 is 0 Å². The molecule has 4 nitrogen and oxygen atoms in total. The number of hydrogen-bond donors (Lipinski definition) is 2. The summed E-state index contributed by atoms with van der Waals surface area (Å²) in [5.41, 5.74) is 2.70. The minimum absolute atomic E-state index is 0.0828. The molecule has 0 aliphatic heterocycles. The Labute approximate surface area is 153 Å². The van der Waals surface area contributed by atoms with Crippen molar-refractivity contribution in [2.24, 2.45) is 0 Å². The number of likely N-dealkylation sites (N-methyl/N-ethyl adjacent to an activating group) is 1. The lowest BCUT2D eigenvalue weighted by molar-refractivity contribution is -0.885.